The quantitative estimate of drug-likeness (QED) is 0.0399. The number of terminal acetylenes is 2. The van der Waals surface area contributed by atoms with Crippen molar-refractivity contribution in [2.75, 3.05) is 0 Å². The summed E-state index contributed by atoms with van der Waals surface area (Å²) < 4.78 is 0. The zero-order valence-corrected chi connectivity index (χ0v) is 31.2. The summed E-state index contributed by atoms with van der Waals surface area (Å²) in [6.07, 6.45) is 69.6. The van der Waals surface area contributed by atoms with E-state index in [1.807, 2.05) is 12.2 Å². The fourth-order valence-electron chi connectivity index (χ4n) is 5.84. The van der Waals surface area contributed by atoms with Gasteiger partial charge in [-0.25, -0.2) is 0 Å². The highest BCUT2D eigenvalue weighted by Gasteiger charge is 1.95. The van der Waals surface area contributed by atoms with E-state index < -0.39 is 12.2 Å². The van der Waals surface area contributed by atoms with Crippen LogP contribution in [-0.2, 0) is 0 Å². The molecule has 0 aromatic rings. The number of aliphatic hydroxyl groups is 2. The predicted octanol–water partition coefficient (Wildman–Crippen LogP) is 13.5. The van der Waals surface area contributed by atoms with Crippen LogP contribution < -0.4 is 0 Å². The number of hydrogen-bond donors (Lipinski definition) is 2. The average Bonchev–Trinajstić information content (AvgIpc) is 3.10. The van der Waals surface area contributed by atoms with E-state index in [0.717, 1.165) is 12.8 Å². The van der Waals surface area contributed by atoms with Gasteiger partial charge in [-0.2, -0.15) is 0 Å². The van der Waals surface area contributed by atoms with E-state index >= 15 is 0 Å². The van der Waals surface area contributed by atoms with Gasteiger partial charge < -0.3 is 10.2 Å². The standard InChI is InChI=1S/C46H76O2/c1-3-45(47)43-41-39-37-35-33-31-29-27-25-23-21-19-17-15-13-11-9-7-5-6-8-10-12-14-16-18-20-22-24-26-28-30-32-34-36-38-40-42-44-46(48)4-2/h1-2,5-6,27-30,41-48H,7-26,31-40H2/b6-5-,29-27-,30-28-,43-41+,44-42+/t45-,46-/m1/s1. The molecule has 0 bridgehead atoms. The van der Waals surface area contributed by atoms with Crippen molar-refractivity contribution < 1.29 is 10.2 Å². The minimum Gasteiger partial charge on any atom is -0.377 e. The lowest BCUT2D eigenvalue weighted by Crippen LogP contribution is -1.95. The Hall–Kier alpha value is -2.26. The molecule has 0 rings (SSSR count). The Morgan fingerprint density at radius 2 is 0.458 bits per heavy atom. The Balaban J connectivity index is 3.23. The van der Waals surface area contributed by atoms with Crippen LogP contribution in [0.1, 0.15) is 193 Å². The van der Waals surface area contributed by atoms with E-state index in [4.69, 9.17) is 12.8 Å². The van der Waals surface area contributed by atoms with Gasteiger partial charge in [0, 0.05) is 0 Å². The summed E-state index contributed by atoms with van der Waals surface area (Å²) in [6, 6.07) is 0. The molecular weight excluding hydrogens is 585 g/mol. The van der Waals surface area contributed by atoms with Crippen LogP contribution in [0, 0.1) is 24.7 Å². The fraction of sp³-hybridized carbons (Fsp3) is 0.696. The Morgan fingerprint density at radius 1 is 0.292 bits per heavy atom. The lowest BCUT2D eigenvalue weighted by atomic mass is 10.0. The van der Waals surface area contributed by atoms with Crippen LogP contribution in [0.15, 0.2) is 60.8 Å². The summed E-state index contributed by atoms with van der Waals surface area (Å²) in [5.41, 5.74) is 0. The molecule has 0 saturated carbocycles. The fourth-order valence-corrected chi connectivity index (χ4v) is 5.84. The van der Waals surface area contributed by atoms with E-state index in [9.17, 15) is 10.2 Å². The van der Waals surface area contributed by atoms with Crippen molar-refractivity contribution in [1.29, 1.82) is 0 Å². The van der Waals surface area contributed by atoms with Gasteiger partial charge in [-0.15, -0.1) is 12.8 Å². The molecule has 0 amide bonds. The van der Waals surface area contributed by atoms with Crippen LogP contribution in [0.4, 0.5) is 0 Å². The van der Waals surface area contributed by atoms with Gasteiger partial charge in [0.2, 0.25) is 0 Å². The number of rotatable bonds is 36. The first-order chi connectivity index (χ1) is 23.7. The molecule has 2 nitrogen and oxygen atoms in total. The second-order valence-corrected chi connectivity index (χ2v) is 13.6. The minimum atomic E-state index is -0.725. The number of unbranched alkanes of at least 4 members (excludes halogenated alkanes) is 26. The summed E-state index contributed by atoms with van der Waals surface area (Å²) in [4.78, 5) is 0. The summed E-state index contributed by atoms with van der Waals surface area (Å²) in [5.74, 6) is 4.60. The minimum absolute atomic E-state index is 0.725. The first-order valence-electron chi connectivity index (χ1n) is 20.3. The van der Waals surface area contributed by atoms with Crippen molar-refractivity contribution in [3.05, 3.63) is 60.8 Å². The van der Waals surface area contributed by atoms with Gasteiger partial charge in [0.15, 0.2) is 0 Å². The molecule has 272 valence electrons. The summed E-state index contributed by atoms with van der Waals surface area (Å²) in [6.45, 7) is 0. The first-order valence-corrected chi connectivity index (χ1v) is 20.3. The van der Waals surface area contributed by atoms with Crippen LogP contribution in [0.2, 0.25) is 0 Å². The zero-order valence-electron chi connectivity index (χ0n) is 31.2. The normalized spacial score (nSPS) is 13.4. The molecule has 0 aliphatic carbocycles. The van der Waals surface area contributed by atoms with Crippen molar-refractivity contribution in [2.24, 2.45) is 0 Å². The van der Waals surface area contributed by atoms with Crippen molar-refractivity contribution in [3.63, 3.8) is 0 Å². The molecule has 0 spiro atoms. The Kier molecular flexibility index (Phi) is 39.0. The molecule has 0 aromatic heterocycles. The van der Waals surface area contributed by atoms with E-state index in [1.165, 1.54) is 180 Å². The van der Waals surface area contributed by atoms with Gasteiger partial charge in [0.05, 0.1) is 0 Å². The first kappa shape index (κ1) is 45.7. The SMILES string of the molecule is C#C[C@@H](O)/C=C/CCCCC/C=C\CCCCCCCCCC/C=C\CCCCCCCCCC/C=C\CCCCC/C=C/[C@H](O)C#C. The van der Waals surface area contributed by atoms with Crippen molar-refractivity contribution in [3.8, 4) is 24.7 Å². The molecule has 0 unspecified atom stereocenters. The highest BCUT2D eigenvalue weighted by molar-refractivity contribution is 5.06. The Labute approximate surface area is 299 Å². The molecule has 0 fully saturated rings. The van der Waals surface area contributed by atoms with Gasteiger partial charge in [-0.1, -0.05) is 150 Å². The molecule has 48 heavy (non-hydrogen) atoms. The predicted molar refractivity (Wildman–Crippen MR) is 214 cm³/mol. The molecule has 0 aromatic carbocycles. The van der Waals surface area contributed by atoms with Gasteiger partial charge in [-0.3, -0.25) is 0 Å². The van der Waals surface area contributed by atoms with Crippen molar-refractivity contribution >= 4 is 0 Å². The Morgan fingerprint density at radius 3 is 0.667 bits per heavy atom. The van der Waals surface area contributed by atoms with Crippen LogP contribution >= 0.6 is 0 Å². The third-order valence-corrected chi connectivity index (χ3v) is 8.94. The zero-order chi connectivity index (χ0) is 34.9. The van der Waals surface area contributed by atoms with E-state index in [-0.39, 0.29) is 0 Å². The molecular formula is C46H76O2. The van der Waals surface area contributed by atoms with Gasteiger partial charge in [0.1, 0.15) is 12.2 Å². The number of hydrogen-bond acceptors (Lipinski definition) is 2. The lowest BCUT2D eigenvalue weighted by molar-refractivity contribution is 0.280. The molecule has 2 atom stereocenters. The molecule has 0 heterocycles. The maximum atomic E-state index is 9.26. The average molecular weight is 661 g/mol. The van der Waals surface area contributed by atoms with Crippen LogP contribution in [0.3, 0.4) is 0 Å². The molecule has 0 saturated heterocycles. The van der Waals surface area contributed by atoms with Gasteiger partial charge in [-0.05, 0) is 115 Å². The largest absolute Gasteiger partial charge is 0.377 e. The van der Waals surface area contributed by atoms with Crippen LogP contribution in [-0.4, -0.2) is 22.4 Å². The molecule has 0 radical (unpaired) electrons. The number of allylic oxidation sites excluding steroid dienone is 8. The molecule has 0 aliphatic rings. The lowest BCUT2D eigenvalue weighted by Gasteiger charge is -2.01. The summed E-state index contributed by atoms with van der Waals surface area (Å²) in [5, 5.41) is 18.5. The third-order valence-electron chi connectivity index (χ3n) is 8.94. The topological polar surface area (TPSA) is 40.5 Å². The maximum Gasteiger partial charge on any atom is 0.133 e. The van der Waals surface area contributed by atoms with Gasteiger partial charge >= 0.3 is 0 Å². The van der Waals surface area contributed by atoms with Crippen LogP contribution in [0.5, 0.6) is 0 Å². The third kappa shape index (κ3) is 39.9. The molecule has 2 heteroatoms. The highest BCUT2D eigenvalue weighted by Crippen LogP contribution is 2.14. The second-order valence-electron chi connectivity index (χ2n) is 13.6. The van der Waals surface area contributed by atoms with E-state index in [1.54, 1.807) is 12.2 Å². The van der Waals surface area contributed by atoms with Crippen molar-refractivity contribution in [2.45, 2.75) is 205 Å². The monoisotopic (exact) mass is 661 g/mol. The summed E-state index contributed by atoms with van der Waals surface area (Å²) >= 11 is 0. The summed E-state index contributed by atoms with van der Waals surface area (Å²) in [7, 11) is 0. The van der Waals surface area contributed by atoms with E-state index in [2.05, 4.69) is 48.3 Å². The second kappa shape index (κ2) is 40.9. The number of aliphatic hydroxyl groups excluding tert-OH is 2. The maximum absolute atomic E-state index is 9.26. The van der Waals surface area contributed by atoms with Crippen molar-refractivity contribution in [1.82, 2.24) is 0 Å². The molecule has 2 N–H and O–H groups in total. The molecule has 0 aliphatic heterocycles. The van der Waals surface area contributed by atoms with Crippen LogP contribution in [0.25, 0.3) is 0 Å². The van der Waals surface area contributed by atoms with Gasteiger partial charge in [0.25, 0.3) is 0 Å². The smallest absolute Gasteiger partial charge is 0.133 e. The highest BCUT2D eigenvalue weighted by atomic mass is 16.3. The Bertz CT molecular complexity index is 805. The van der Waals surface area contributed by atoms with E-state index in [0.29, 0.717) is 0 Å².